The molecule has 1 amide bonds. The summed E-state index contributed by atoms with van der Waals surface area (Å²) in [6.07, 6.45) is 0.415. The van der Waals surface area contributed by atoms with E-state index in [4.69, 9.17) is 5.11 Å². The maximum absolute atomic E-state index is 12.2. The molecule has 8 nitrogen and oxygen atoms in total. The van der Waals surface area contributed by atoms with Crippen LogP contribution in [0.4, 0.5) is 11.4 Å². The minimum absolute atomic E-state index is 0.0559. The highest BCUT2D eigenvalue weighted by molar-refractivity contribution is 5.89. The summed E-state index contributed by atoms with van der Waals surface area (Å²) < 4.78 is 0. The van der Waals surface area contributed by atoms with Gasteiger partial charge in [-0.05, 0) is 12.5 Å². The lowest BCUT2D eigenvalue weighted by Crippen LogP contribution is -2.49. The molecule has 23 heavy (non-hydrogen) atoms. The summed E-state index contributed by atoms with van der Waals surface area (Å²) in [5, 5.41) is 20.0. The third-order valence-electron chi connectivity index (χ3n) is 4.44. The number of carboxylic acids is 1. The van der Waals surface area contributed by atoms with Gasteiger partial charge in [-0.1, -0.05) is 12.1 Å². The number of anilines is 1. The third-order valence-corrected chi connectivity index (χ3v) is 4.44. The van der Waals surface area contributed by atoms with E-state index in [-0.39, 0.29) is 11.6 Å². The normalized spacial score (nSPS) is 23.5. The van der Waals surface area contributed by atoms with Gasteiger partial charge in [-0.3, -0.25) is 19.7 Å². The number of carboxylic acid groups (broad SMARTS) is 1. The van der Waals surface area contributed by atoms with Gasteiger partial charge in [0, 0.05) is 32.2 Å². The van der Waals surface area contributed by atoms with Gasteiger partial charge >= 0.3 is 5.97 Å². The fourth-order valence-electron chi connectivity index (χ4n) is 3.03. The van der Waals surface area contributed by atoms with Gasteiger partial charge in [0.2, 0.25) is 5.91 Å². The highest BCUT2D eigenvalue weighted by Gasteiger charge is 2.50. The van der Waals surface area contributed by atoms with Crippen molar-refractivity contribution >= 4 is 23.3 Å². The zero-order chi connectivity index (χ0) is 16.6. The Morgan fingerprint density at radius 1 is 1.13 bits per heavy atom. The minimum Gasteiger partial charge on any atom is -0.481 e. The number of amides is 1. The fourth-order valence-corrected chi connectivity index (χ4v) is 3.03. The third kappa shape index (κ3) is 2.96. The number of hydrogen-bond donors (Lipinski definition) is 1. The molecular formula is C15H17N3O5. The molecule has 1 aromatic carbocycles. The molecule has 1 saturated heterocycles. The Kier molecular flexibility index (Phi) is 3.89. The lowest BCUT2D eigenvalue weighted by Gasteiger charge is -2.36. The molecule has 2 unspecified atom stereocenters. The quantitative estimate of drug-likeness (QED) is 0.655. The van der Waals surface area contributed by atoms with Crippen molar-refractivity contribution in [2.45, 2.75) is 6.42 Å². The first-order valence-corrected chi connectivity index (χ1v) is 7.49. The van der Waals surface area contributed by atoms with Crippen LogP contribution in [-0.4, -0.2) is 53.0 Å². The lowest BCUT2D eigenvalue weighted by molar-refractivity contribution is -0.384. The standard InChI is InChI=1S/C15H17N3O5/c19-14(10-9-11(10)15(20)21)17-7-5-16(6-8-17)12-3-1-2-4-13(12)18(22)23/h1-4,10-11H,5-9H2,(H,20,21). The van der Waals surface area contributed by atoms with Gasteiger partial charge < -0.3 is 14.9 Å². The van der Waals surface area contributed by atoms with Crippen LogP contribution >= 0.6 is 0 Å². The molecule has 122 valence electrons. The summed E-state index contributed by atoms with van der Waals surface area (Å²) >= 11 is 0. The first kappa shape index (κ1) is 15.3. The monoisotopic (exact) mass is 319 g/mol. The number of rotatable bonds is 4. The smallest absolute Gasteiger partial charge is 0.307 e. The van der Waals surface area contributed by atoms with Crippen LogP contribution in [0, 0.1) is 22.0 Å². The molecule has 0 bridgehead atoms. The Bertz CT molecular complexity index is 654. The maximum Gasteiger partial charge on any atom is 0.307 e. The highest BCUT2D eigenvalue weighted by atomic mass is 16.6. The summed E-state index contributed by atoms with van der Waals surface area (Å²) in [6, 6.07) is 6.55. The molecule has 1 aliphatic heterocycles. The van der Waals surface area contributed by atoms with Crippen molar-refractivity contribution in [2.75, 3.05) is 31.1 Å². The summed E-state index contributed by atoms with van der Waals surface area (Å²) in [4.78, 5) is 37.3. The second-order valence-electron chi connectivity index (χ2n) is 5.85. The van der Waals surface area contributed by atoms with Crippen LogP contribution < -0.4 is 4.90 Å². The van der Waals surface area contributed by atoms with E-state index >= 15 is 0 Å². The van der Waals surface area contributed by atoms with E-state index in [1.54, 1.807) is 23.1 Å². The van der Waals surface area contributed by atoms with Crippen molar-refractivity contribution in [3.63, 3.8) is 0 Å². The predicted octanol–water partition coefficient (Wildman–Crippen LogP) is 0.964. The lowest BCUT2D eigenvalue weighted by atomic mass is 10.2. The number of para-hydroxylation sites is 2. The van der Waals surface area contributed by atoms with E-state index in [2.05, 4.69) is 0 Å². The zero-order valence-corrected chi connectivity index (χ0v) is 12.4. The molecule has 3 rings (SSSR count). The Morgan fingerprint density at radius 3 is 2.35 bits per heavy atom. The maximum atomic E-state index is 12.2. The first-order chi connectivity index (χ1) is 11.0. The topological polar surface area (TPSA) is 104 Å². The minimum atomic E-state index is -0.915. The number of carbonyl (C=O) groups is 2. The van der Waals surface area contributed by atoms with E-state index < -0.39 is 22.7 Å². The summed E-state index contributed by atoms with van der Waals surface area (Å²) in [7, 11) is 0. The van der Waals surface area contributed by atoms with E-state index in [0.717, 1.165) is 0 Å². The van der Waals surface area contributed by atoms with E-state index in [9.17, 15) is 19.7 Å². The van der Waals surface area contributed by atoms with Crippen LogP contribution in [0.15, 0.2) is 24.3 Å². The second-order valence-corrected chi connectivity index (χ2v) is 5.85. The van der Waals surface area contributed by atoms with Crippen molar-refractivity contribution in [3.05, 3.63) is 34.4 Å². The van der Waals surface area contributed by atoms with Crippen LogP contribution in [0.25, 0.3) is 0 Å². The average molecular weight is 319 g/mol. The summed E-state index contributed by atoms with van der Waals surface area (Å²) in [6.45, 7) is 1.91. The van der Waals surface area contributed by atoms with Crippen LogP contribution in [0.2, 0.25) is 0 Å². The predicted molar refractivity (Wildman–Crippen MR) is 81.1 cm³/mol. The van der Waals surface area contributed by atoms with Crippen LogP contribution in [0.5, 0.6) is 0 Å². The largest absolute Gasteiger partial charge is 0.481 e. The van der Waals surface area contributed by atoms with Gasteiger partial charge in [-0.15, -0.1) is 0 Å². The molecule has 1 aromatic rings. The van der Waals surface area contributed by atoms with Gasteiger partial charge in [-0.25, -0.2) is 0 Å². The number of carbonyl (C=O) groups excluding carboxylic acids is 1. The molecule has 0 radical (unpaired) electrons. The molecule has 1 aliphatic carbocycles. The molecule has 2 atom stereocenters. The molecule has 1 saturated carbocycles. The molecule has 2 fully saturated rings. The first-order valence-electron chi connectivity index (χ1n) is 7.49. The molecule has 0 spiro atoms. The van der Waals surface area contributed by atoms with Gasteiger partial charge in [0.1, 0.15) is 5.69 Å². The number of nitro benzene ring substituents is 1. The Labute approximate surface area is 132 Å². The number of nitro groups is 1. The van der Waals surface area contributed by atoms with Crippen LogP contribution in [0.1, 0.15) is 6.42 Å². The van der Waals surface area contributed by atoms with Crippen LogP contribution in [0.3, 0.4) is 0 Å². The summed E-state index contributed by atoms with van der Waals surface area (Å²) in [5.41, 5.74) is 0.611. The highest BCUT2D eigenvalue weighted by Crippen LogP contribution is 2.40. The van der Waals surface area contributed by atoms with Crippen molar-refractivity contribution in [2.24, 2.45) is 11.8 Å². The van der Waals surface area contributed by atoms with E-state index in [1.807, 2.05) is 4.90 Å². The van der Waals surface area contributed by atoms with E-state index in [0.29, 0.717) is 38.3 Å². The Balaban J connectivity index is 1.62. The van der Waals surface area contributed by atoms with Gasteiger partial charge in [-0.2, -0.15) is 0 Å². The van der Waals surface area contributed by atoms with Gasteiger partial charge in [0.05, 0.1) is 16.8 Å². The zero-order valence-electron chi connectivity index (χ0n) is 12.4. The Morgan fingerprint density at radius 2 is 1.78 bits per heavy atom. The number of piperazine rings is 1. The second kappa shape index (κ2) is 5.86. The molecule has 2 aliphatic rings. The van der Waals surface area contributed by atoms with Crippen molar-refractivity contribution in [1.29, 1.82) is 0 Å². The number of benzene rings is 1. The molecular weight excluding hydrogens is 302 g/mol. The number of nitrogens with zero attached hydrogens (tertiary/aromatic N) is 3. The fraction of sp³-hybridized carbons (Fsp3) is 0.467. The van der Waals surface area contributed by atoms with Gasteiger partial charge in [0.15, 0.2) is 0 Å². The van der Waals surface area contributed by atoms with Crippen molar-refractivity contribution < 1.29 is 19.6 Å². The SMILES string of the molecule is O=C(O)C1CC1C(=O)N1CCN(c2ccccc2[N+](=O)[O-])CC1. The average Bonchev–Trinajstić information content (AvgIpc) is 3.35. The Hall–Kier alpha value is -2.64. The molecule has 1 N–H and O–H groups in total. The summed E-state index contributed by atoms with van der Waals surface area (Å²) in [5.74, 6) is -1.97. The molecule has 8 heteroatoms. The molecule has 0 aromatic heterocycles. The van der Waals surface area contributed by atoms with Crippen molar-refractivity contribution in [3.8, 4) is 0 Å². The number of aliphatic carboxylic acids is 1. The number of hydrogen-bond acceptors (Lipinski definition) is 5. The van der Waals surface area contributed by atoms with E-state index in [1.165, 1.54) is 6.07 Å². The van der Waals surface area contributed by atoms with Crippen molar-refractivity contribution in [1.82, 2.24) is 4.90 Å². The van der Waals surface area contributed by atoms with Gasteiger partial charge in [0.25, 0.3) is 5.69 Å². The van der Waals surface area contributed by atoms with Crippen LogP contribution in [-0.2, 0) is 9.59 Å². The molecule has 1 heterocycles.